The van der Waals surface area contributed by atoms with Gasteiger partial charge in [0.05, 0.1) is 0 Å². The third kappa shape index (κ3) is 5.14. The first-order chi connectivity index (χ1) is 10.3. The molecular weight excluding hydrogens is 272 g/mol. The average molecular weight is 297 g/mol. The van der Waals surface area contributed by atoms with Crippen LogP contribution in [0.2, 0.25) is 0 Å². The molecule has 0 spiro atoms. The second-order valence-corrected chi connectivity index (χ2v) is 7.53. The lowest BCUT2D eigenvalue weighted by molar-refractivity contribution is 0.215. The summed E-state index contributed by atoms with van der Waals surface area (Å²) >= 11 is 0. The van der Waals surface area contributed by atoms with E-state index in [1.165, 1.54) is 29.6 Å². The summed E-state index contributed by atoms with van der Waals surface area (Å²) < 4.78 is 6.47. The van der Waals surface area contributed by atoms with E-state index in [0.717, 1.165) is 6.42 Å². The van der Waals surface area contributed by atoms with Crippen LogP contribution in [0.1, 0.15) is 39.5 Å². The fourth-order valence-corrected chi connectivity index (χ4v) is 4.54. The lowest BCUT2D eigenvalue weighted by Crippen LogP contribution is -2.46. The van der Waals surface area contributed by atoms with E-state index in [0.29, 0.717) is 6.10 Å². The van der Waals surface area contributed by atoms with Crippen molar-refractivity contribution in [1.82, 2.24) is 0 Å². The molecule has 1 radical (unpaired) electrons. The molecule has 2 rings (SSSR count). The Morgan fingerprint density at radius 2 is 1.38 bits per heavy atom. The molecule has 1 unspecified atom stereocenters. The zero-order valence-corrected chi connectivity index (χ0v) is 14.1. The van der Waals surface area contributed by atoms with Crippen molar-refractivity contribution in [3.8, 4) is 0 Å². The Hall–Kier alpha value is -1.38. The van der Waals surface area contributed by atoms with Crippen LogP contribution in [0.4, 0.5) is 0 Å². The van der Waals surface area contributed by atoms with Crippen LogP contribution in [0.15, 0.2) is 60.7 Å². The van der Waals surface area contributed by atoms with Crippen molar-refractivity contribution in [2.75, 3.05) is 0 Å². The van der Waals surface area contributed by atoms with Crippen LogP contribution >= 0.6 is 0 Å². The van der Waals surface area contributed by atoms with Crippen LogP contribution in [0.25, 0.3) is 0 Å². The van der Waals surface area contributed by atoms with Gasteiger partial charge in [-0.3, -0.25) is 0 Å². The van der Waals surface area contributed by atoms with E-state index in [4.69, 9.17) is 4.43 Å². The summed E-state index contributed by atoms with van der Waals surface area (Å²) in [5.74, 6) is 0. The molecule has 0 aliphatic rings. The lowest BCUT2D eigenvalue weighted by Gasteiger charge is -2.21. The highest BCUT2D eigenvalue weighted by atomic mass is 28.3. The summed E-state index contributed by atoms with van der Waals surface area (Å²) in [6, 6.07) is 21.3. The maximum absolute atomic E-state index is 6.47. The molecular formula is C19H25OSi. The maximum Gasteiger partial charge on any atom is 0.283 e. The highest BCUT2D eigenvalue weighted by Crippen LogP contribution is 2.08. The second-order valence-electron chi connectivity index (χ2n) is 5.49. The number of benzene rings is 2. The van der Waals surface area contributed by atoms with Gasteiger partial charge in [-0.05, 0) is 23.7 Å². The van der Waals surface area contributed by atoms with E-state index >= 15 is 0 Å². The number of hydrogen-bond acceptors (Lipinski definition) is 1. The molecule has 0 aliphatic carbocycles. The summed E-state index contributed by atoms with van der Waals surface area (Å²) in [4.78, 5) is 0. The molecule has 111 valence electrons. The van der Waals surface area contributed by atoms with Gasteiger partial charge in [-0.15, -0.1) is 0 Å². The first-order valence-electron chi connectivity index (χ1n) is 7.95. The highest BCUT2D eigenvalue weighted by Gasteiger charge is 2.21. The largest absolute Gasteiger partial charge is 0.405 e. The zero-order valence-electron chi connectivity index (χ0n) is 13.1. The van der Waals surface area contributed by atoms with E-state index in [1.54, 1.807) is 0 Å². The first-order valence-corrected chi connectivity index (χ1v) is 9.36. The molecule has 0 saturated carbocycles. The smallest absolute Gasteiger partial charge is 0.283 e. The van der Waals surface area contributed by atoms with Gasteiger partial charge < -0.3 is 4.43 Å². The Morgan fingerprint density at radius 3 is 1.86 bits per heavy atom. The van der Waals surface area contributed by atoms with Crippen molar-refractivity contribution in [3.63, 3.8) is 0 Å². The molecule has 21 heavy (non-hydrogen) atoms. The standard InChI is InChI=1S/C19H25OSi/c1-3-4-7-12-17(2)20-21(18-13-8-5-9-14-18)19-15-10-6-11-16-19/h5-6,8-11,13-17H,3-4,7,12H2,1-2H3. The van der Waals surface area contributed by atoms with Crippen molar-refractivity contribution in [2.24, 2.45) is 0 Å². The van der Waals surface area contributed by atoms with Crippen LogP contribution in [0.3, 0.4) is 0 Å². The van der Waals surface area contributed by atoms with Crippen molar-refractivity contribution in [3.05, 3.63) is 60.7 Å². The van der Waals surface area contributed by atoms with Crippen molar-refractivity contribution in [2.45, 2.75) is 45.6 Å². The quantitative estimate of drug-likeness (QED) is 0.532. The minimum absolute atomic E-state index is 0.325. The Bertz CT molecular complexity index is 458. The van der Waals surface area contributed by atoms with Gasteiger partial charge in [0, 0.05) is 6.10 Å². The molecule has 2 aromatic rings. The van der Waals surface area contributed by atoms with E-state index in [2.05, 4.69) is 74.5 Å². The predicted molar refractivity (Wildman–Crippen MR) is 92.6 cm³/mol. The minimum atomic E-state index is -1.14. The number of unbranched alkanes of at least 4 members (excludes halogenated alkanes) is 2. The molecule has 2 aromatic carbocycles. The summed E-state index contributed by atoms with van der Waals surface area (Å²) in [7, 11) is -1.14. The van der Waals surface area contributed by atoms with Crippen molar-refractivity contribution >= 4 is 19.4 Å². The van der Waals surface area contributed by atoms with Gasteiger partial charge in [0.2, 0.25) is 0 Å². The monoisotopic (exact) mass is 297 g/mol. The molecule has 0 fully saturated rings. The average Bonchev–Trinajstić information content (AvgIpc) is 2.54. The van der Waals surface area contributed by atoms with Gasteiger partial charge in [0.25, 0.3) is 9.04 Å². The Balaban J connectivity index is 2.10. The fourth-order valence-electron chi connectivity index (χ4n) is 2.42. The molecule has 1 nitrogen and oxygen atoms in total. The molecule has 0 bridgehead atoms. The van der Waals surface area contributed by atoms with Crippen molar-refractivity contribution < 1.29 is 4.43 Å². The van der Waals surface area contributed by atoms with Gasteiger partial charge in [-0.1, -0.05) is 86.8 Å². The SMILES string of the molecule is CCCCCC(C)O[Si](c1ccccc1)c1ccccc1. The van der Waals surface area contributed by atoms with E-state index in [9.17, 15) is 0 Å². The Morgan fingerprint density at radius 1 is 0.857 bits per heavy atom. The highest BCUT2D eigenvalue weighted by molar-refractivity contribution is 6.80. The number of hydrogen-bond donors (Lipinski definition) is 0. The third-order valence-corrected chi connectivity index (χ3v) is 5.96. The van der Waals surface area contributed by atoms with Crippen LogP contribution in [0.5, 0.6) is 0 Å². The van der Waals surface area contributed by atoms with Crippen LogP contribution in [-0.2, 0) is 4.43 Å². The second kappa shape index (κ2) is 8.80. The fraction of sp³-hybridized carbons (Fsp3) is 0.368. The van der Waals surface area contributed by atoms with Gasteiger partial charge in [-0.2, -0.15) is 0 Å². The van der Waals surface area contributed by atoms with Gasteiger partial charge in [0.15, 0.2) is 0 Å². The molecule has 0 N–H and O–H groups in total. The summed E-state index contributed by atoms with van der Waals surface area (Å²) in [5, 5.41) is 2.66. The molecule has 2 heteroatoms. The first kappa shape index (κ1) is 16.0. The maximum atomic E-state index is 6.47. The van der Waals surface area contributed by atoms with Crippen LogP contribution in [-0.4, -0.2) is 15.1 Å². The summed E-state index contributed by atoms with van der Waals surface area (Å²) in [6.07, 6.45) is 5.30. The Labute approximate surface area is 130 Å². The summed E-state index contributed by atoms with van der Waals surface area (Å²) in [5.41, 5.74) is 0. The minimum Gasteiger partial charge on any atom is -0.405 e. The third-order valence-electron chi connectivity index (χ3n) is 3.61. The summed E-state index contributed by atoms with van der Waals surface area (Å²) in [6.45, 7) is 4.46. The molecule has 0 amide bonds. The van der Waals surface area contributed by atoms with E-state index in [1.807, 2.05) is 0 Å². The molecule has 0 heterocycles. The molecule has 1 atom stereocenters. The van der Waals surface area contributed by atoms with E-state index in [-0.39, 0.29) is 0 Å². The molecule has 0 aromatic heterocycles. The van der Waals surface area contributed by atoms with Gasteiger partial charge in [-0.25, -0.2) is 0 Å². The molecule has 0 saturated heterocycles. The lowest BCUT2D eigenvalue weighted by atomic mass is 10.1. The normalized spacial score (nSPS) is 12.5. The van der Waals surface area contributed by atoms with Crippen molar-refractivity contribution in [1.29, 1.82) is 0 Å². The molecule has 0 aliphatic heterocycles. The Kier molecular flexibility index (Phi) is 6.71. The predicted octanol–water partition coefficient (Wildman–Crippen LogP) is 3.78. The zero-order chi connectivity index (χ0) is 14.9. The topological polar surface area (TPSA) is 9.23 Å². The van der Waals surface area contributed by atoms with E-state index < -0.39 is 9.04 Å². The van der Waals surface area contributed by atoms with Gasteiger partial charge >= 0.3 is 0 Å². The number of rotatable bonds is 8. The van der Waals surface area contributed by atoms with Crippen LogP contribution < -0.4 is 10.4 Å². The van der Waals surface area contributed by atoms with Gasteiger partial charge in [0.1, 0.15) is 0 Å². The van der Waals surface area contributed by atoms with Crippen LogP contribution in [0, 0.1) is 0 Å².